The lowest BCUT2D eigenvalue weighted by atomic mass is 10.0. The molecule has 6 aromatic carbocycles. The summed E-state index contributed by atoms with van der Waals surface area (Å²) in [5.74, 6) is 0.387. The average molecular weight is 1380 g/mol. The fraction of sp³-hybridized carbons (Fsp3) is 0.365. The molecule has 6 aromatic rings. The molecule has 27 nitrogen and oxygen atoms in total. The molecule has 4 aliphatic heterocycles. The molecule has 4 aliphatic rings. The number of sulfonamides is 2. The van der Waals surface area contributed by atoms with Crippen molar-refractivity contribution in [3.8, 4) is 0 Å². The molecular formula is C63H79Cl2N11O16S2. The van der Waals surface area contributed by atoms with Crippen LogP contribution in [0.1, 0.15) is 33.4 Å². The molecule has 94 heavy (non-hydrogen) atoms. The van der Waals surface area contributed by atoms with Gasteiger partial charge in [0, 0.05) is 145 Å². The maximum atomic E-state index is 12.2. The molecule has 0 unspecified atom stereocenters. The fourth-order valence-electron chi connectivity index (χ4n) is 8.94. The monoisotopic (exact) mass is 1380 g/mol. The Morgan fingerprint density at radius 2 is 0.840 bits per heavy atom. The zero-order valence-corrected chi connectivity index (χ0v) is 55.0. The zero-order valence-electron chi connectivity index (χ0n) is 51.8. The molecule has 0 aromatic heterocycles. The Kier molecular flexibility index (Phi) is 33.7. The molecule has 0 saturated carbocycles. The van der Waals surface area contributed by atoms with E-state index in [4.69, 9.17) is 47.9 Å². The van der Waals surface area contributed by atoms with E-state index in [0.717, 1.165) is 159 Å². The number of nitro benzene ring substituents is 4. The summed E-state index contributed by atoms with van der Waals surface area (Å²) in [5.41, 5.74) is 11.9. The molecular weight excluding hydrogens is 1300 g/mol. The van der Waals surface area contributed by atoms with E-state index < -0.39 is 40.5 Å². The molecule has 31 heteroatoms. The van der Waals surface area contributed by atoms with Crippen LogP contribution >= 0.6 is 23.2 Å². The Labute approximate surface area is 557 Å². The van der Waals surface area contributed by atoms with Crippen molar-refractivity contribution in [3.63, 3.8) is 0 Å². The van der Waals surface area contributed by atoms with E-state index in [-0.39, 0.29) is 49.9 Å². The smallest absolute Gasteiger partial charge is 0.289 e. The molecule has 4 heterocycles. The number of anilines is 1. The number of morpholine rings is 4. The van der Waals surface area contributed by atoms with Gasteiger partial charge in [0.25, 0.3) is 22.7 Å². The Morgan fingerprint density at radius 1 is 0.489 bits per heavy atom. The summed E-state index contributed by atoms with van der Waals surface area (Å²) in [5, 5.41) is 45.8. The minimum absolute atomic E-state index is 0.0404. The van der Waals surface area contributed by atoms with Crippen LogP contribution < -0.4 is 20.5 Å². The second-order valence-corrected chi connectivity index (χ2v) is 25.2. The van der Waals surface area contributed by atoms with E-state index >= 15 is 0 Å². The van der Waals surface area contributed by atoms with Crippen LogP contribution in [0.3, 0.4) is 0 Å². The highest BCUT2D eigenvalue weighted by Gasteiger charge is 2.23. The Morgan fingerprint density at radius 3 is 1.19 bits per heavy atom. The number of nitrogens with two attached hydrogens (primary N) is 1. The van der Waals surface area contributed by atoms with Gasteiger partial charge < -0.3 is 30.0 Å². The number of hydrogen-bond acceptors (Lipinski definition) is 21. The number of nitrogen functional groups attached to an aromatic ring is 1. The van der Waals surface area contributed by atoms with Gasteiger partial charge in [-0.3, -0.25) is 55.2 Å². The van der Waals surface area contributed by atoms with Gasteiger partial charge in [0.05, 0.1) is 82.3 Å². The van der Waals surface area contributed by atoms with Gasteiger partial charge in [0.1, 0.15) is 5.02 Å². The maximum Gasteiger partial charge on any atom is 0.289 e. The van der Waals surface area contributed by atoms with Gasteiger partial charge in [-0.2, -0.15) is 0 Å². The topological polar surface area (TPSA) is 350 Å². The van der Waals surface area contributed by atoms with E-state index in [0.29, 0.717) is 17.9 Å². The van der Waals surface area contributed by atoms with Crippen LogP contribution in [-0.2, 0) is 70.9 Å². The third-order valence-electron chi connectivity index (χ3n) is 14.0. The second-order valence-electron chi connectivity index (χ2n) is 20.9. The summed E-state index contributed by atoms with van der Waals surface area (Å²) < 4.78 is 73.2. The van der Waals surface area contributed by atoms with Gasteiger partial charge in [0.2, 0.25) is 20.0 Å². The molecule has 508 valence electrons. The average Bonchev–Trinajstić information content (AvgIpc) is 1.74. The van der Waals surface area contributed by atoms with E-state index in [1.807, 2.05) is 48.5 Å². The third kappa shape index (κ3) is 28.1. The van der Waals surface area contributed by atoms with Crippen molar-refractivity contribution in [2.24, 2.45) is 0 Å². The first-order valence-corrected chi connectivity index (χ1v) is 33.5. The van der Waals surface area contributed by atoms with Gasteiger partial charge in [-0.15, -0.1) is 24.8 Å². The number of rotatable bonds is 21. The summed E-state index contributed by atoms with van der Waals surface area (Å²) in [6.07, 6.45) is 3.11. The number of nitrogens with zero attached hydrogens (tertiary/aromatic N) is 7. The first-order valence-electron chi connectivity index (χ1n) is 29.7. The van der Waals surface area contributed by atoms with Gasteiger partial charge >= 0.3 is 0 Å². The number of hydrogen-bond donors (Lipinski definition) is 4. The summed E-state index contributed by atoms with van der Waals surface area (Å²) in [7, 11) is -7.61. The van der Waals surface area contributed by atoms with Crippen molar-refractivity contribution in [2.45, 2.75) is 41.7 Å². The van der Waals surface area contributed by atoms with Crippen LogP contribution in [0.4, 0.5) is 28.4 Å². The van der Waals surface area contributed by atoms with Crippen LogP contribution in [0.25, 0.3) is 0 Å². The van der Waals surface area contributed by atoms with Crippen LogP contribution in [-0.4, -0.2) is 170 Å². The largest absolute Gasteiger partial charge is 0.399 e. The van der Waals surface area contributed by atoms with Crippen molar-refractivity contribution in [1.29, 1.82) is 0 Å². The summed E-state index contributed by atoms with van der Waals surface area (Å²) in [6.45, 7) is 23.9. The second kappa shape index (κ2) is 41.2. The number of benzene rings is 6. The molecule has 0 amide bonds. The number of nitro groups is 4. The third-order valence-corrected chi connectivity index (χ3v) is 17.5. The predicted molar refractivity (Wildman–Crippen MR) is 360 cm³/mol. The molecule has 4 saturated heterocycles. The molecule has 4 fully saturated rings. The van der Waals surface area contributed by atoms with E-state index in [2.05, 4.69) is 54.8 Å². The van der Waals surface area contributed by atoms with Gasteiger partial charge in [-0.1, -0.05) is 90.5 Å². The number of ether oxygens (including phenoxy) is 4. The Hall–Kier alpha value is -7.72. The number of non-ortho nitro benzene ring substituents is 2. The summed E-state index contributed by atoms with van der Waals surface area (Å²) >= 11 is 11.1. The lowest BCUT2D eigenvalue weighted by Crippen LogP contribution is -2.35. The standard InChI is InChI=1S/C21H25N3O5S.C11H14N2O3.C11H16N2O.C9H9ClN2O4S.C7H6ClNO2.C4H9NO/c1-2-9-22-30(27,28)20-8-7-19(21(15-20)24(25)26)14-17-3-5-18(6-4-17)16-23-10-12-29-13-11-23;14-13(15)11-3-1-10(2-4-11)9-12-5-7-16-8-6-12;12-11-3-1-10(2-4-11)9-13-5-7-14-8-6-13;1-2-5-11-17(15,16)7-3-4-8(10)9(6-7)12(13)14;8-5-6-1-3-7(4-2-6)9(10)11;1-3-6-4-2-5-1/h2-8,15,22H,1,9-14,16H2;1-4H,5-9H2;1-4H,5-9,12H2;2-4,6,11H,1,5H2;1-4H,5H2;5H,1-4H2. The lowest BCUT2D eigenvalue weighted by Gasteiger charge is -2.26. The minimum Gasteiger partial charge on any atom is -0.399 e. The molecule has 10 rings (SSSR count). The van der Waals surface area contributed by atoms with Gasteiger partial charge in [-0.25, -0.2) is 26.3 Å². The molecule has 0 aliphatic carbocycles. The lowest BCUT2D eigenvalue weighted by molar-refractivity contribution is -0.385. The Balaban J connectivity index is 0.000000217. The minimum atomic E-state index is -3.83. The van der Waals surface area contributed by atoms with Crippen LogP contribution in [0.5, 0.6) is 0 Å². The van der Waals surface area contributed by atoms with E-state index in [1.165, 1.54) is 59.7 Å². The highest BCUT2D eigenvalue weighted by Crippen LogP contribution is 2.28. The molecule has 5 N–H and O–H groups in total. The molecule has 0 radical (unpaired) electrons. The number of alkyl halides is 1. The predicted octanol–water partition coefficient (Wildman–Crippen LogP) is 8.66. The summed E-state index contributed by atoms with van der Waals surface area (Å²) in [4.78, 5) is 47.4. The van der Waals surface area contributed by atoms with Crippen molar-refractivity contribution >= 4 is 71.7 Å². The number of nitrogens with one attached hydrogen (secondary N) is 3. The van der Waals surface area contributed by atoms with Gasteiger partial charge in [-0.05, 0) is 58.1 Å². The van der Waals surface area contributed by atoms with Crippen molar-refractivity contribution in [3.05, 3.63) is 238 Å². The van der Waals surface area contributed by atoms with Gasteiger partial charge in [0.15, 0.2) is 0 Å². The first kappa shape index (κ1) is 77.0. The molecule has 0 bridgehead atoms. The Bertz CT molecular complexity index is 3570. The van der Waals surface area contributed by atoms with Crippen molar-refractivity contribution in [1.82, 2.24) is 29.5 Å². The zero-order chi connectivity index (χ0) is 68.3. The summed E-state index contributed by atoms with van der Waals surface area (Å²) in [6, 6.07) is 36.2. The fourth-order valence-corrected chi connectivity index (χ4v) is 11.3. The van der Waals surface area contributed by atoms with Crippen molar-refractivity contribution < 1.29 is 55.5 Å². The molecule has 0 spiro atoms. The first-order chi connectivity index (χ1) is 45.1. The van der Waals surface area contributed by atoms with Crippen LogP contribution in [0.2, 0.25) is 5.02 Å². The van der Waals surface area contributed by atoms with E-state index in [1.54, 1.807) is 24.3 Å². The molecule has 0 atom stereocenters. The maximum absolute atomic E-state index is 12.2. The van der Waals surface area contributed by atoms with E-state index in [9.17, 15) is 57.3 Å². The highest BCUT2D eigenvalue weighted by molar-refractivity contribution is 7.89. The number of halogens is 2. The SMILES string of the molecule is C1COCCN1.C=CCNS(=O)(=O)c1ccc(Cc2ccc(CN3CCOCC3)cc2)c([N+](=O)[O-])c1.C=CCNS(=O)(=O)c1ccc(Cl)c([N+](=O)[O-])c1.Nc1ccc(CN2CCOCC2)cc1.O=[N+]([O-])c1ccc(CCl)cc1.O=[N+]([O-])c1ccc(CN2CCOCC2)cc1. The van der Waals surface area contributed by atoms with Crippen LogP contribution in [0.15, 0.2) is 169 Å². The normalized spacial score (nSPS) is 15.1. The quantitative estimate of drug-likeness (QED) is 0.0172. The van der Waals surface area contributed by atoms with Crippen molar-refractivity contribution in [2.75, 3.05) is 124 Å². The highest BCUT2D eigenvalue weighted by atomic mass is 35.5. The van der Waals surface area contributed by atoms with Crippen LogP contribution in [0, 0.1) is 40.5 Å².